The molecule has 0 radical (unpaired) electrons. The van der Waals surface area contributed by atoms with E-state index in [1.807, 2.05) is 0 Å². The Morgan fingerprint density at radius 2 is 2.17 bits per heavy atom. The minimum Gasteiger partial charge on any atom is -0.406 e. The predicted molar refractivity (Wildman–Crippen MR) is 62.5 cm³/mol. The second kappa shape index (κ2) is 5.18. The molecule has 0 fully saturated rings. The minimum absolute atomic E-state index is 0.133. The molecule has 1 aliphatic rings. The quantitative estimate of drug-likeness (QED) is 0.896. The number of benzene rings is 1. The zero-order valence-corrected chi connectivity index (χ0v) is 10.2. The molecule has 1 N–H and O–H groups in total. The summed E-state index contributed by atoms with van der Waals surface area (Å²) in [6, 6.07) is 4.77. The topological polar surface area (TPSA) is 21.3 Å². The Morgan fingerprint density at radius 1 is 1.39 bits per heavy atom. The summed E-state index contributed by atoms with van der Waals surface area (Å²) in [5.74, 6) is -0.133. The van der Waals surface area contributed by atoms with Crippen LogP contribution in [-0.4, -0.2) is 12.9 Å². The molecule has 1 unspecified atom stereocenters. The third kappa shape index (κ3) is 3.16. The maximum Gasteiger partial charge on any atom is 0.573 e. The van der Waals surface area contributed by atoms with Crippen molar-refractivity contribution in [2.45, 2.75) is 38.6 Å². The summed E-state index contributed by atoms with van der Waals surface area (Å²) in [4.78, 5) is 0. The highest BCUT2D eigenvalue weighted by Crippen LogP contribution is 2.31. The van der Waals surface area contributed by atoms with Gasteiger partial charge in [0, 0.05) is 6.04 Å². The van der Waals surface area contributed by atoms with Gasteiger partial charge < -0.3 is 10.1 Å². The van der Waals surface area contributed by atoms with Crippen LogP contribution in [0.4, 0.5) is 13.2 Å². The molecule has 100 valence electrons. The van der Waals surface area contributed by atoms with Crippen molar-refractivity contribution in [3.05, 3.63) is 29.3 Å². The lowest BCUT2D eigenvalue weighted by Crippen LogP contribution is -2.30. The van der Waals surface area contributed by atoms with E-state index in [9.17, 15) is 13.2 Å². The number of alkyl halides is 3. The van der Waals surface area contributed by atoms with Crippen molar-refractivity contribution in [2.75, 3.05) is 6.54 Å². The maximum absolute atomic E-state index is 12.2. The number of hydrogen-bond donors (Lipinski definition) is 1. The molecule has 0 spiro atoms. The van der Waals surface area contributed by atoms with Crippen LogP contribution in [0.5, 0.6) is 5.75 Å². The molecule has 1 heterocycles. The Labute approximate surface area is 104 Å². The number of hydrogen-bond acceptors (Lipinski definition) is 2. The van der Waals surface area contributed by atoms with Gasteiger partial charge in [0.2, 0.25) is 0 Å². The van der Waals surface area contributed by atoms with Gasteiger partial charge >= 0.3 is 6.36 Å². The van der Waals surface area contributed by atoms with Crippen LogP contribution in [0.15, 0.2) is 18.2 Å². The summed E-state index contributed by atoms with van der Waals surface area (Å²) in [7, 11) is 0. The van der Waals surface area contributed by atoms with E-state index in [4.69, 9.17) is 0 Å². The van der Waals surface area contributed by atoms with Gasteiger partial charge in [0.05, 0.1) is 0 Å². The number of nitrogens with one attached hydrogen (secondary N) is 1. The van der Waals surface area contributed by atoms with Gasteiger partial charge in [-0.2, -0.15) is 0 Å². The smallest absolute Gasteiger partial charge is 0.406 e. The van der Waals surface area contributed by atoms with E-state index >= 15 is 0 Å². The largest absolute Gasteiger partial charge is 0.573 e. The van der Waals surface area contributed by atoms with Crippen LogP contribution >= 0.6 is 0 Å². The van der Waals surface area contributed by atoms with Crippen LogP contribution in [0.25, 0.3) is 0 Å². The van der Waals surface area contributed by atoms with Gasteiger partial charge in [0.1, 0.15) is 5.75 Å². The predicted octanol–water partition coefficient (Wildman–Crippen LogP) is 3.57. The van der Waals surface area contributed by atoms with Crippen molar-refractivity contribution >= 4 is 0 Å². The fourth-order valence-corrected chi connectivity index (χ4v) is 2.36. The summed E-state index contributed by atoms with van der Waals surface area (Å²) in [5, 5.41) is 3.33. The lowest BCUT2D eigenvalue weighted by Gasteiger charge is -2.27. The molecule has 0 amide bonds. The van der Waals surface area contributed by atoms with Gasteiger partial charge in [0.15, 0.2) is 0 Å². The Morgan fingerprint density at radius 3 is 2.83 bits per heavy atom. The third-order valence-corrected chi connectivity index (χ3v) is 3.09. The first-order chi connectivity index (χ1) is 8.49. The van der Waals surface area contributed by atoms with Crippen LogP contribution in [0.2, 0.25) is 0 Å². The molecule has 0 bridgehead atoms. The fourth-order valence-electron chi connectivity index (χ4n) is 2.36. The molecule has 5 heteroatoms. The molecule has 2 rings (SSSR count). The van der Waals surface area contributed by atoms with Crippen LogP contribution in [0.1, 0.15) is 36.9 Å². The molecule has 1 aromatic rings. The van der Waals surface area contributed by atoms with Crippen molar-refractivity contribution < 1.29 is 17.9 Å². The third-order valence-electron chi connectivity index (χ3n) is 3.09. The van der Waals surface area contributed by atoms with Gasteiger partial charge in [-0.05, 0) is 42.6 Å². The Bertz CT molecular complexity index is 417. The first-order valence-electron chi connectivity index (χ1n) is 6.11. The highest BCUT2D eigenvalue weighted by atomic mass is 19.4. The van der Waals surface area contributed by atoms with E-state index < -0.39 is 6.36 Å². The maximum atomic E-state index is 12.2. The van der Waals surface area contributed by atoms with Crippen molar-refractivity contribution in [2.24, 2.45) is 0 Å². The summed E-state index contributed by atoms with van der Waals surface area (Å²) >= 11 is 0. The Hall–Kier alpha value is -1.23. The molecule has 1 aliphatic heterocycles. The minimum atomic E-state index is -4.63. The number of halogens is 3. The highest BCUT2D eigenvalue weighted by Gasteiger charge is 2.31. The SMILES string of the molecule is CCCC1NCCc2ccc(OC(F)(F)F)cc21. The van der Waals surface area contributed by atoms with Crippen LogP contribution in [0.3, 0.4) is 0 Å². The molecule has 18 heavy (non-hydrogen) atoms. The molecule has 0 saturated heterocycles. The fraction of sp³-hybridized carbons (Fsp3) is 0.538. The van der Waals surface area contributed by atoms with Crippen molar-refractivity contribution in [1.29, 1.82) is 0 Å². The number of fused-ring (bicyclic) bond motifs is 1. The van der Waals surface area contributed by atoms with Gasteiger partial charge in [-0.1, -0.05) is 19.4 Å². The number of rotatable bonds is 3. The molecule has 1 aromatic carbocycles. The molecule has 0 saturated carbocycles. The van der Waals surface area contributed by atoms with Gasteiger partial charge in [-0.25, -0.2) is 0 Å². The van der Waals surface area contributed by atoms with E-state index in [2.05, 4.69) is 17.0 Å². The van der Waals surface area contributed by atoms with E-state index in [1.54, 1.807) is 6.07 Å². The second-order valence-corrected chi connectivity index (χ2v) is 4.45. The lowest BCUT2D eigenvalue weighted by atomic mass is 9.91. The van der Waals surface area contributed by atoms with Crippen LogP contribution in [0, 0.1) is 0 Å². The molecule has 0 aromatic heterocycles. The summed E-state index contributed by atoms with van der Waals surface area (Å²) in [6.07, 6.45) is -1.87. The van der Waals surface area contributed by atoms with Crippen molar-refractivity contribution in [3.8, 4) is 5.75 Å². The van der Waals surface area contributed by atoms with E-state index in [0.29, 0.717) is 0 Å². The second-order valence-electron chi connectivity index (χ2n) is 4.45. The zero-order valence-electron chi connectivity index (χ0n) is 10.2. The van der Waals surface area contributed by atoms with E-state index in [1.165, 1.54) is 12.1 Å². The average molecular weight is 259 g/mol. The monoisotopic (exact) mass is 259 g/mol. The first kappa shape index (κ1) is 13.2. The number of ether oxygens (including phenoxy) is 1. The average Bonchev–Trinajstić information content (AvgIpc) is 2.28. The molecular weight excluding hydrogens is 243 g/mol. The molecular formula is C13H16F3NO. The molecule has 2 nitrogen and oxygen atoms in total. The summed E-state index contributed by atoms with van der Waals surface area (Å²) in [6.45, 7) is 2.93. The molecule has 0 aliphatic carbocycles. The normalized spacial score (nSPS) is 19.4. The van der Waals surface area contributed by atoms with Gasteiger partial charge in [-0.15, -0.1) is 13.2 Å². The molecule has 1 atom stereocenters. The standard InChI is InChI=1S/C13H16F3NO/c1-2-3-12-11-8-10(18-13(14,15)16)5-4-9(11)6-7-17-12/h4-5,8,12,17H,2-3,6-7H2,1H3. The zero-order chi connectivity index (χ0) is 13.2. The highest BCUT2D eigenvalue weighted by molar-refractivity contribution is 5.39. The van der Waals surface area contributed by atoms with Gasteiger partial charge in [0.25, 0.3) is 0 Å². The van der Waals surface area contributed by atoms with Crippen molar-refractivity contribution in [1.82, 2.24) is 5.32 Å². The van der Waals surface area contributed by atoms with Crippen molar-refractivity contribution in [3.63, 3.8) is 0 Å². The van der Waals surface area contributed by atoms with Crippen LogP contribution < -0.4 is 10.1 Å². The van der Waals surface area contributed by atoms with E-state index in [0.717, 1.165) is 36.9 Å². The summed E-state index contributed by atoms with van der Waals surface area (Å²) < 4.78 is 40.5. The van der Waals surface area contributed by atoms with Crippen LogP contribution in [-0.2, 0) is 6.42 Å². The first-order valence-corrected chi connectivity index (χ1v) is 6.11. The lowest BCUT2D eigenvalue weighted by molar-refractivity contribution is -0.274. The van der Waals surface area contributed by atoms with Gasteiger partial charge in [-0.3, -0.25) is 0 Å². The van der Waals surface area contributed by atoms with E-state index in [-0.39, 0.29) is 11.8 Å². The Kier molecular flexibility index (Phi) is 3.80. The summed E-state index contributed by atoms with van der Waals surface area (Å²) in [5.41, 5.74) is 2.05. The Balaban J connectivity index is 2.25.